The predicted octanol–water partition coefficient (Wildman–Crippen LogP) is 2.00. The number of amides is 1. The van der Waals surface area contributed by atoms with Crippen LogP contribution in [0.25, 0.3) is 0 Å². The standard InChI is InChI=1S/C20H29N5O2/c1-15(2)8-25-10-18(27-13-17-6-4-5-7-21-17)9-24(12-20(25)26)11-19-16(3)22-14-23-19/h4-7,14-15,18H,8-13H2,1-3H3,(H,22,23)/t18-/m1/s1. The number of rotatable bonds is 7. The smallest absolute Gasteiger partial charge is 0.236 e. The molecule has 1 atom stereocenters. The van der Waals surface area contributed by atoms with Crippen LogP contribution in [0.4, 0.5) is 0 Å². The minimum absolute atomic E-state index is 0.0588. The second-order valence-electron chi connectivity index (χ2n) is 7.59. The van der Waals surface area contributed by atoms with Crippen LogP contribution in [0.3, 0.4) is 0 Å². The van der Waals surface area contributed by atoms with Gasteiger partial charge in [-0.15, -0.1) is 0 Å². The highest BCUT2D eigenvalue weighted by Gasteiger charge is 2.29. The Balaban J connectivity index is 1.70. The molecule has 3 rings (SSSR count). The Morgan fingerprint density at radius 1 is 1.30 bits per heavy atom. The van der Waals surface area contributed by atoms with Crippen LogP contribution in [0.1, 0.15) is 30.9 Å². The van der Waals surface area contributed by atoms with Crippen molar-refractivity contribution in [1.29, 1.82) is 0 Å². The summed E-state index contributed by atoms with van der Waals surface area (Å²) in [5.74, 6) is 0.575. The fraction of sp³-hybridized carbons (Fsp3) is 0.550. The zero-order valence-electron chi connectivity index (χ0n) is 16.4. The van der Waals surface area contributed by atoms with Gasteiger partial charge in [-0.25, -0.2) is 4.98 Å². The van der Waals surface area contributed by atoms with Crippen molar-refractivity contribution < 1.29 is 9.53 Å². The van der Waals surface area contributed by atoms with Crippen LogP contribution in [-0.2, 0) is 22.7 Å². The lowest BCUT2D eigenvalue weighted by atomic mass is 10.2. The van der Waals surface area contributed by atoms with Crippen LogP contribution >= 0.6 is 0 Å². The topological polar surface area (TPSA) is 74.4 Å². The summed E-state index contributed by atoms with van der Waals surface area (Å²) in [6, 6.07) is 5.81. The fourth-order valence-corrected chi connectivity index (χ4v) is 3.34. The highest BCUT2D eigenvalue weighted by molar-refractivity contribution is 5.78. The second kappa shape index (κ2) is 9.10. The molecule has 0 bridgehead atoms. The van der Waals surface area contributed by atoms with E-state index < -0.39 is 0 Å². The zero-order chi connectivity index (χ0) is 19.2. The maximum atomic E-state index is 12.8. The second-order valence-corrected chi connectivity index (χ2v) is 7.59. The van der Waals surface area contributed by atoms with Gasteiger partial charge in [-0.05, 0) is 25.0 Å². The van der Waals surface area contributed by atoms with Crippen molar-refractivity contribution in [3.05, 3.63) is 47.8 Å². The highest BCUT2D eigenvalue weighted by Crippen LogP contribution is 2.15. The molecule has 2 aromatic rings. The molecule has 0 unspecified atom stereocenters. The predicted molar refractivity (Wildman–Crippen MR) is 103 cm³/mol. The molecular formula is C20H29N5O2. The molecule has 0 radical (unpaired) electrons. The molecule has 7 nitrogen and oxygen atoms in total. The van der Waals surface area contributed by atoms with Gasteiger partial charge in [-0.1, -0.05) is 19.9 Å². The SMILES string of the molecule is Cc1[nH]cnc1CN1CC(=O)N(CC(C)C)C[C@H](OCc2ccccn2)C1. The van der Waals surface area contributed by atoms with Crippen molar-refractivity contribution in [2.45, 2.75) is 40.0 Å². The van der Waals surface area contributed by atoms with E-state index in [1.54, 1.807) is 12.5 Å². The zero-order valence-corrected chi connectivity index (χ0v) is 16.4. The number of aromatic nitrogens is 3. The van der Waals surface area contributed by atoms with E-state index in [9.17, 15) is 4.79 Å². The van der Waals surface area contributed by atoms with E-state index in [0.29, 0.717) is 38.7 Å². The number of nitrogens with zero attached hydrogens (tertiary/aromatic N) is 4. The number of pyridine rings is 1. The van der Waals surface area contributed by atoms with E-state index in [4.69, 9.17) is 4.74 Å². The van der Waals surface area contributed by atoms with Gasteiger partial charge in [0.15, 0.2) is 0 Å². The number of hydrogen-bond acceptors (Lipinski definition) is 5. The summed E-state index contributed by atoms with van der Waals surface area (Å²) in [7, 11) is 0. The Kier molecular flexibility index (Phi) is 6.58. The quantitative estimate of drug-likeness (QED) is 0.806. The molecule has 3 heterocycles. The third kappa shape index (κ3) is 5.61. The number of imidazole rings is 1. The first-order valence-corrected chi connectivity index (χ1v) is 9.51. The van der Waals surface area contributed by atoms with Gasteiger partial charge in [0.05, 0.1) is 37.0 Å². The van der Waals surface area contributed by atoms with E-state index in [2.05, 4.69) is 33.7 Å². The molecular weight excluding hydrogens is 342 g/mol. The first-order valence-electron chi connectivity index (χ1n) is 9.51. The van der Waals surface area contributed by atoms with Crippen molar-refractivity contribution in [2.75, 3.05) is 26.2 Å². The summed E-state index contributed by atoms with van der Waals surface area (Å²) in [5.41, 5.74) is 2.92. The number of carbonyl (C=O) groups excluding carboxylic acids is 1. The number of aromatic amines is 1. The molecule has 1 fully saturated rings. The van der Waals surface area contributed by atoms with Crippen LogP contribution in [0.2, 0.25) is 0 Å². The number of aryl methyl sites for hydroxylation is 1. The Bertz CT molecular complexity index is 731. The van der Waals surface area contributed by atoms with Crippen LogP contribution in [0.15, 0.2) is 30.7 Å². The summed E-state index contributed by atoms with van der Waals surface area (Å²) in [6.45, 7) is 9.80. The van der Waals surface area contributed by atoms with E-state index >= 15 is 0 Å². The number of H-pyrrole nitrogens is 1. The van der Waals surface area contributed by atoms with Crippen LogP contribution in [0, 0.1) is 12.8 Å². The van der Waals surface area contributed by atoms with Crippen molar-refractivity contribution in [2.24, 2.45) is 5.92 Å². The summed E-state index contributed by atoms with van der Waals surface area (Å²) < 4.78 is 6.16. The van der Waals surface area contributed by atoms with Gasteiger partial charge in [0.2, 0.25) is 5.91 Å². The van der Waals surface area contributed by atoms with Crippen molar-refractivity contribution in [3.8, 4) is 0 Å². The largest absolute Gasteiger partial charge is 0.369 e. The van der Waals surface area contributed by atoms with Crippen molar-refractivity contribution in [3.63, 3.8) is 0 Å². The molecule has 27 heavy (non-hydrogen) atoms. The molecule has 1 aliphatic rings. The molecule has 2 aromatic heterocycles. The summed E-state index contributed by atoms with van der Waals surface area (Å²) in [4.78, 5) is 28.7. The van der Waals surface area contributed by atoms with Crippen LogP contribution in [0.5, 0.6) is 0 Å². The lowest BCUT2D eigenvalue weighted by Gasteiger charge is -2.26. The van der Waals surface area contributed by atoms with Crippen molar-refractivity contribution >= 4 is 5.91 Å². The third-order valence-electron chi connectivity index (χ3n) is 4.68. The third-order valence-corrected chi connectivity index (χ3v) is 4.68. The number of nitrogens with one attached hydrogen (secondary N) is 1. The first-order chi connectivity index (χ1) is 13.0. The molecule has 1 aliphatic heterocycles. The van der Waals surface area contributed by atoms with Crippen LogP contribution in [-0.4, -0.2) is 62.9 Å². The Morgan fingerprint density at radius 3 is 2.81 bits per heavy atom. The average molecular weight is 371 g/mol. The molecule has 0 aliphatic carbocycles. The normalized spacial score (nSPS) is 18.9. The molecule has 1 amide bonds. The molecule has 0 saturated carbocycles. The van der Waals surface area contributed by atoms with Gasteiger partial charge < -0.3 is 14.6 Å². The molecule has 1 N–H and O–H groups in total. The van der Waals surface area contributed by atoms with Gasteiger partial charge in [0.25, 0.3) is 0 Å². The Labute approximate surface area is 160 Å². The monoisotopic (exact) mass is 371 g/mol. The van der Waals surface area contributed by atoms with Crippen molar-refractivity contribution in [1.82, 2.24) is 24.8 Å². The van der Waals surface area contributed by atoms with Gasteiger partial charge >= 0.3 is 0 Å². The van der Waals surface area contributed by atoms with E-state index in [1.165, 1.54) is 0 Å². The molecule has 146 valence electrons. The van der Waals surface area contributed by atoms with E-state index in [1.807, 2.05) is 30.0 Å². The Morgan fingerprint density at radius 2 is 2.15 bits per heavy atom. The average Bonchev–Trinajstić information content (AvgIpc) is 2.97. The summed E-state index contributed by atoms with van der Waals surface area (Å²) >= 11 is 0. The molecule has 1 saturated heterocycles. The molecule has 7 heteroatoms. The maximum absolute atomic E-state index is 12.8. The van der Waals surface area contributed by atoms with Crippen LogP contribution < -0.4 is 0 Å². The lowest BCUT2D eigenvalue weighted by Crippen LogP contribution is -2.40. The first kappa shape index (κ1) is 19.5. The summed E-state index contributed by atoms with van der Waals surface area (Å²) in [6.07, 6.45) is 3.41. The van der Waals surface area contributed by atoms with E-state index in [0.717, 1.165) is 23.6 Å². The number of ether oxygens (including phenoxy) is 1. The summed E-state index contributed by atoms with van der Waals surface area (Å²) in [5, 5.41) is 0. The number of hydrogen-bond donors (Lipinski definition) is 1. The van der Waals surface area contributed by atoms with Gasteiger partial charge in [-0.2, -0.15) is 0 Å². The van der Waals surface area contributed by atoms with Gasteiger partial charge in [-0.3, -0.25) is 14.7 Å². The van der Waals surface area contributed by atoms with Gasteiger partial charge in [0, 0.05) is 38.1 Å². The minimum atomic E-state index is -0.0588. The maximum Gasteiger partial charge on any atom is 0.236 e. The lowest BCUT2D eigenvalue weighted by molar-refractivity contribution is -0.132. The highest BCUT2D eigenvalue weighted by atomic mass is 16.5. The Hall–Kier alpha value is -2.25. The van der Waals surface area contributed by atoms with E-state index in [-0.39, 0.29) is 12.0 Å². The fourth-order valence-electron chi connectivity index (χ4n) is 3.34. The number of carbonyl (C=O) groups is 1. The van der Waals surface area contributed by atoms with Gasteiger partial charge in [0.1, 0.15) is 0 Å². The molecule has 0 aromatic carbocycles. The minimum Gasteiger partial charge on any atom is -0.369 e. The molecule has 0 spiro atoms.